The van der Waals surface area contributed by atoms with Crippen LogP contribution in [0.3, 0.4) is 0 Å². The van der Waals surface area contributed by atoms with E-state index in [2.05, 4.69) is 4.98 Å². The number of rotatable bonds is 2. The van der Waals surface area contributed by atoms with Gasteiger partial charge in [0.25, 0.3) is 5.56 Å². The van der Waals surface area contributed by atoms with Crippen molar-refractivity contribution in [1.29, 1.82) is 0 Å². The van der Waals surface area contributed by atoms with Gasteiger partial charge in [-0.15, -0.1) is 11.3 Å². The van der Waals surface area contributed by atoms with E-state index in [1.54, 1.807) is 15.9 Å². The molecule has 0 aliphatic heterocycles. The number of hydrogen-bond acceptors (Lipinski definition) is 4. The van der Waals surface area contributed by atoms with Gasteiger partial charge in [-0.25, -0.2) is 0 Å². The van der Waals surface area contributed by atoms with E-state index in [4.69, 9.17) is 12.2 Å². The van der Waals surface area contributed by atoms with Crippen molar-refractivity contribution in [2.75, 3.05) is 0 Å². The molecule has 0 amide bonds. The van der Waals surface area contributed by atoms with Crippen molar-refractivity contribution >= 4 is 45.1 Å². The first-order chi connectivity index (χ1) is 8.68. The van der Waals surface area contributed by atoms with Crippen molar-refractivity contribution in [2.45, 2.75) is 13.0 Å². The molecule has 6 heteroatoms. The predicted octanol–water partition coefficient (Wildman–Crippen LogP) is 3.79. The third-order valence-corrected chi connectivity index (χ3v) is 4.80. The number of nitrogens with zero attached hydrogens (tertiary/aromatic N) is 1. The van der Waals surface area contributed by atoms with Gasteiger partial charge < -0.3 is 4.98 Å². The molecule has 3 heterocycles. The van der Waals surface area contributed by atoms with Crippen LogP contribution >= 0.6 is 34.9 Å². The first-order valence-electron chi connectivity index (χ1n) is 5.42. The quantitative estimate of drug-likeness (QED) is 0.730. The molecule has 3 aromatic rings. The molecule has 1 N–H and O–H groups in total. The topological polar surface area (TPSA) is 37.8 Å². The molecule has 0 saturated carbocycles. The second-order valence-electron chi connectivity index (χ2n) is 4.00. The second kappa shape index (κ2) is 4.46. The van der Waals surface area contributed by atoms with Crippen LogP contribution in [0.25, 0.3) is 10.2 Å². The fraction of sp³-hybridized carbons (Fsp3) is 0.167. The zero-order valence-corrected chi connectivity index (χ0v) is 12.0. The molecule has 18 heavy (non-hydrogen) atoms. The lowest BCUT2D eigenvalue weighted by atomic mass is 10.2. The van der Waals surface area contributed by atoms with Gasteiger partial charge in [-0.1, -0.05) is 0 Å². The second-order valence-corrected chi connectivity index (χ2v) is 6.08. The molecule has 1 unspecified atom stereocenters. The third-order valence-electron chi connectivity index (χ3n) is 2.97. The summed E-state index contributed by atoms with van der Waals surface area (Å²) in [7, 11) is 0. The average Bonchev–Trinajstić information content (AvgIpc) is 2.98. The fourth-order valence-electron chi connectivity index (χ4n) is 1.97. The summed E-state index contributed by atoms with van der Waals surface area (Å²) in [5.74, 6) is 0. The largest absolute Gasteiger partial charge is 0.323 e. The van der Waals surface area contributed by atoms with Crippen molar-refractivity contribution in [3.8, 4) is 0 Å². The van der Waals surface area contributed by atoms with Crippen LogP contribution in [-0.4, -0.2) is 9.55 Å². The van der Waals surface area contributed by atoms with Gasteiger partial charge in [0.2, 0.25) is 0 Å². The molecule has 3 nitrogen and oxygen atoms in total. The number of nitrogens with one attached hydrogen (secondary N) is 1. The van der Waals surface area contributed by atoms with Gasteiger partial charge in [-0.3, -0.25) is 9.36 Å². The summed E-state index contributed by atoms with van der Waals surface area (Å²) < 4.78 is 2.13. The van der Waals surface area contributed by atoms with Crippen LogP contribution in [0.5, 0.6) is 0 Å². The van der Waals surface area contributed by atoms with Gasteiger partial charge in [0.05, 0.1) is 11.4 Å². The third kappa shape index (κ3) is 1.77. The monoisotopic (exact) mass is 294 g/mol. The number of H-pyrrole nitrogens is 1. The lowest BCUT2D eigenvalue weighted by Crippen LogP contribution is -2.25. The van der Waals surface area contributed by atoms with Gasteiger partial charge in [0, 0.05) is 0 Å². The summed E-state index contributed by atoms with van der Waals surface area (Å²) in [4.78, 5) is 16.4. The molecule has 1 atom stereocenters. The van der Waals surface area contributed by atoms with E-state index in [0.717, 1.165) is 10.4 Å². The highest BCUT2D eigenvalue weighted by Gasteiger charge is 2.14. The summed E-state index contributed by atoms with van der Waals surface area (Å²) in [6, 6.07) is 3.82. The van der Waals surface area contributed by atoms with Gasteiger partial charge in [-0.05, 0) is 53.0 Å². The van der Waals surface area contributed by atoms with E-state index in [1.165, 1.54) is 11.3 Å². The molecule has 0 fully saturated rings. The van der Waals surface area contributed by atoms with Crippen LogP contribution in [-0.2, 0) is 0 Å². The maximum atomic E-state index is 12.4. The number of thiophene rings is 2. The van der Waals surface area contributed by atoms with Crippen molar-refractivity contribution in [2.24, 2.45) is 0 Å². The Bertz CT molecular complexity index is 795. The SMILES string of the molecule is CC(c1ccsc1)n1c(=S)[nH]c2sccc2c1=O. The van der Waals surface area contributed by atoms with Crippen LogP contribution in [0.4, 0.5) is 0 Å². The predicted molar refractivity (Wildman–Crippen MR) is 79.4 cm³/mol. The smallest absolute Gasteiger partial charge is 0.263 e. The van der Waals surface area contributed by atoms with Crippen molar-refractivity contribution in [3.63, 3.8) is 0 Å². The minimum Gasteiger partial charge on any atom is -0.323 e. The van der Waals surface area contributed by atoms with Crippen LogP contribution in [0.15, 0.2) is 33.1 Å². The molecular formula is C12H10N2OS3. The summed E-state index contributed by atoms with van der Waals surface area (Å²) in [5.41, 5.74) is 1.09. The van der Waals surface area contributed by atoms with E-state index < -0.39 is 0 Å². The molecule has 0 spiro atoms. The molecule has 0 aliphatic carbocycles. The molecule has 0 aliphatic rings. The molecule has 3 aromatic heterocycles. The van der Waals surface area contributed by atoms with Crippen LogP contribution < -0.4 is 5.56 Å². The number of aromatic nitrogens is 2. The minimum absolute atomic E-state index is 0.0197. The Hall–Kier alpha value is -1.24. The van der Waals surface area contributed by atoms with E-state index in [1.807, 2.05) is 35.2 Å². The summed E-state index contributed by atoms with van der Waals surface area (Å²) in [6.45, 7) is 1.99. The Labute approximate surface area is 116 Å². The summed E-state index contributed by atoms with van der Waals surface area (Å²) in [5, 5.41) is 6.66. The first-order valence-corrected chi connectivity index (χ1v) is 7.65. The Morgan fingerprint density at radius 1 is 1.39 bits per heavy atom. The lowest BCUT2D eigenvalue weighted by Gasteiger charge is -2.14. The molecule has 92 valence electrons. The molecule has 0 radical (unpaired) electrons. The van der Waals surface area contributed by atoms with Gasteiger partial charge in [0.15, 0.2) is 4.77 Å². The summed E-state index contributed by atoms with van der Waals surface area (Å²) >= 11 is 8.42. The molecule has 0 bridgehead atoms. The lowest BCUT2D eigenvalue weighted by molar-refractivity contribution is 0.602. The molecule has 3 rings (SSSR count). The number of fused-ring (bicyclic) bond motifs is 1. The zero-order chi connectivity index (χ0) is 12.7. The van der Waals surface area contributed by atoms with Crippen LogP contribution in [0.1, 0.15) is 18.5 Å². The van der Waals surface area contributed by atoms with E-state index in [-0.39, 0.29) is 11.6 Å². The molecule has 0 saturated heterocycles. The Kier molecular flexibility index (Phi) is 2.93. The highest BCUT2D eigenvalue weighted by Crippen LogP contribution is 2.21. The van der Waals surface area contributed by atoms with Crippen LogP contribution in [0.2, 0.25) is 0 Å². The highest BCUT2D eigenvalue weighted by atomic mass is 32.1. The van der Waals surface area contributed by atoms with E-state index in [0.29, 0.717) is 10.2 Å². The first kappa shape index (κ1) is 11.8. The van der Waals surface area contributed by atoms with Crippen molar-refractivity contribution in [1.82, 2.24) is 9.55 Å². The highest BCUT2D eigenvalue weighted by molar-refractivity contribution is 7.71. The molecule has 0 aromatic carbocycles. The maximum Gasteiger partial charge on any atom is 0.263 e. The number of aromatic amines is 1. The maximum absolute atomic E-state index is 12.4. The van der Waals surface area contributed by atoms with E-state index >= 15 is 0 Å². The Morgan fingerprint density at radius 3 is 2.94 bits per heavy atom. The van der Waals surface area contributed by atoms with Gasteiger partial charge in [0.1, 0.15) is 4.83 Å². The zero-order valence-electron chi connectivity index (χ0n) is 9.54. The van der Waals surface area contributed by atoms with Crippen molar-refractivity contribution in [3.05, 3.63) is 49.0 Å². The fourth-order valence-corrected chi connectivity index (χ4v) is 3.90. The summed E-state index contributed by atoms with van der Waals surface area (Å²) in [6.07, 6.45) is 0. The number of hydrogen-bond donors (Lipinski definition) is 1. The van der Waals surface area contributed by atoms with Crippen molar-refractivity contribution < 1.29 is 0 Å². The standard InChI is InChI=1S/C12H10N2OS3/c1-7(8-2-4-17-6-8)14-11(15)9-3-5-18-10(9)13-12(14)16/h2-7H,1H3,(H,13,16). The normalized spacial score (nSPS) is 12.9. The Balaban J connectivity index is 2.29. The minimum atomic E-state index is -0.0446. The molecular weight excluding hydrogens is 284 g/mol. The Morgan fingerprint density at radius 2 is 2.22 bits per heavy atom. The van der Waals surface area contributed by atoms with Gasteiger partial charge in [-0.2, -0.15) is 11.3 Å². The average molecular weight is 294 g/mol. The van der Waals surface area contributed by atoms with E-state index in [9.17, 15) is 4.79 Å². The van der Waals surface area contributed by atoms with Gasteiger partial charge >= 0.3 is 0 Å². The van der Waals surface area contributed by atoms with Crippen LogP contribution in [0, 0.1) is 4.77 Å².